The lowest BCUT2D eigenvalue weighted by atomic mass is 9.86. The monoisotopic (exact) mass is 391 g/mol. The lowest BCUT2D eigenvalue weighted by Gasteiger charge is -2.42. The van der Waals surface area contributed by atoms with Gasteiger partial charge >= 0.3 is 0 Å². The molecule has 0 aromatic heterocycles. The van der Waals surface area contributed by atoms with E-state index >= 15 is 0 Å². The number of fused-ring (bicyclic) bond motifs is 1. The molecule has 1 fully saturated rings. The van der Waals surface area contributed by atoms with Crippen molar-refractivity contribution < 1.29 is 9.53 Å². The van der Waals surface area contributed by atoms with Gasteiger partial charge in [-0.2, -0.15) is 5.26 Å². The number of para-hydroxylation sites is 2. The van der Waals surface area contributed by atoms with Crippen LogP contribution in [0.2, 0.25) is 0 Å². The summed E-state index contributed by atoms with van der Waals surface area (Å²) in [6.45, 7) is 2.97. The number of nitrogens with zero attached hydrogens (tertiary/aromatic N) is 3. The summed E-state index contributed by atoms with van der Waals surface area (Å²) in [7, 11) is 0. The third-order valence-corrected chi connectivity index (χ3v) is 6.16. The molecule has 1 atom stereocenters. The van der Waals surface area contributed by atoms with E-state index in [1.807, 2.05) is 61.5 Å². The first-order valence-electron chi connectivity index (χ1n) is 9.32. The zero-order valence-corrected chi connectivity index (χ0v) is 16.5. The summed E-state index contributed by atoms with van der Waals surface area (Å²) in [5, 5.41) is 10.6. The molecule has 2 heterocycles. The van der Waals surface area contributed by atoms with Crippen LogP contribution < -0.4 is 9.64 Å². The van der Waals surface area contributed by atoms with E-state index in [0.717, 1.165) is 22.0 Å². The van der Waals surface area contributed by atoms with E-state index in [0.29, 0.717) is 31.1 Å². The van der Waals surface area contributed by atoms with Gasteiger partial charge in [0.05, 0.1) is 41.5 Å². The number of thioether (sulfide) groups is 1. The van der Waals surface area contributed by atoms with E-state index < -0.39 is 0 Å². The van der Waals surface area contributed by atoms with Gasteiger partial charge in [-0.3, -0.25) is 9.69 Å². The van der Waals surface area contributed by atoms with Crippen molar-refractivity contribution in [1.82, 2.24) is 4.90 Å². The van der Waals surface area contributed by atoms with Gasteiger partial charge < -0.3 is 9.64 Å². The fraction of sp³-hybridized carbons (Fsp3) is 0.273. The third-order valence-electron chi connectivity index (χ3n) is 5.00. The average molecular weight is 391 g/mol. The molecule has 0 radical (unpaired) electrons. The van der Waals surface area contributed by atoms with Gasteiger partial charge in [0.15, 0.2) is 0 Å². The number of anilines is 1. The largest absolute Gasteiger partial charge is 0.492 e. The Kier molecular flexibility index (Phi) is 5.27. The van der Waals surface area contributed by atoms with Crippen LogP contribution in [0.3, 0.4) is 0 Å². The molecule has 4 rings (SSSR count). The Balaban J connectivity index is 1.66. The Hall–Kier alpha value is -2.91. The highest BCUT2D eigenvalue weighted by Crippen LogP contribution is 2.44. The van der Waals surface area contributed by atoms with Gasteiger partial charge in [0, 0.05) is 12.3 Å². The number of hydrogen-bond donors (Lipinski definition) is 0. The molecule has 0 saturated carbocycles. The highest BCUT2D eigenvalue weighted by molar-refractivity contribution is 8.03. The van der Waals surface area contributed by atoms with Crippen molar-refractivity contribution in [3.05, 3.63) is 70.8 Å². The Morgan fingerprint density at radius 2 is 1.93 bits per heavy atom. The fourth-order valence-electron chi connectivity index (χ4n) is 3.68. The first-order chi connectivity index (χ1) is 13.7. The highest BCUT2D eigenvalue weighted by Gasteiger charge is 2.38. The Morgan fingerprint density at radius 1 is 1.18 bits per heavy atom. The van der Waals surface area contributed by atoms with Gasteiger partial charge in [-0.1, -0.05) is 54.2 Å². The molecule has 5 nitrogen and oxygen atoms in total. The number of hydrogen-bond acceptors (Lipinski definition) is 5. The van der Waals surface area contributed by atoms with Crippen molar-refractivity contribution >= 4 is 23.4 Å². The normalized spacial score (nSPS) is 19.3. The van der Waals surface area contributed by atoms with Crippen molar-refractivity contribution in [2.75, 3.05) is 24.1 Å². The smallest absolute Gasteiger partial charge is 0.229 e. The summed E-state index contributed by atoms with van der Waals surface area (Å²) >= 11 is 1.54. The van der Waals surface area contributed by atoms with Crippen molar-refractivity contribution in [3.63, 3.8) is 0 Å². The Bertz CT molecular complexity index is 952. The zero-order valence-electron chi connectivity index (χ0n) is 15.7. The van der Waals surface area contributed by atoms with E-state index in [1.165, 1.54) is 0 Å². The molecule has 2 aliphatic heterocycles. The summed E-state index contributed by atoms with van der Waals surface area (Å²) in [5.41, 5.74) is 2.67. The SMILES string of the molecule is CCOc1ccccc1N1CSC2=C(C#N)[C@H](c3ccccc3)CC(=O)N2C1. The van der Waals surface area contributed by atoms with E-state index in [9.17, 15) is 10.1 Å². The van der Waals surface area contributed by atoms with Gasteiger partial charge in [0.1, 0.15) is 5.75 Å². The lowest BCUT2D eigenvalue weighted by molar-refractivity contribution is -0.129. The van der Waals surface area contributed by atoms with Crippen LogP contribution in [0.1, 0.15) is 24.8 Å². The van der Waals surface area contributed by atoms with Gasteiger partial charge in [-0.25, -0.2) is 0 Å². The number of benzene rings is 2. The van der Waals surface area contributed by atoms with E-state index in [4.69, 9.17) is 4.74 Å². The second kappa shape index (κ2) is 7.99. The van der Waals surface area contributed by atoms with E-state index in [2.05, 4.69) is 11.0 Å². The molecule has 2 aromatic carbocycles. The van der Waals surface area contributed by atoms with Crippen LogP contribution in [0.5, 0.6) is 5.75 Å². The van der Waals surface area contributed by atoms with E-state index in [-0.39, 0.29) is 11.8 Å². The molecule has 2 aliphatic rings. The second-order valence-corrected chi connectivity index (χ2v) is 7.61. The van der Waals surface area contributed by atoms with Crippen molar-refractivity contribution in [3.8, 4) is 11.8 Å². The first kappa shape index (κ1) is 18.5. The van der Waals surface area contributed by atoms with Crippen molar-refractivity contribution in [2.24, 2.45) is 0 Å². The summed E-state index contributed by atoms with van der Waals surface area (Å²) in [5.74, 6) is 1.36. The molecule has 0 aliphatic carbocycles. The van der Waals surface area contributed by atoms with Crippen LogP contribution in [-0.2, 0) is 4.79 Å². The molecule has 0 unspecified atom stereocenters. The Labute approximate surface area is 169 Å². The maximum absolute atomic E-state index is 13.0. The molecule has 0 spiro atoms. The van der Waals surface area contributed by atoms with Gasteiger partial charge in [0.25, 0.3) is 0 Å². The number of carbonyl (C=O) groups is 1. The van der Waals surface area contributed by atoms with Crippen LogP contribution in [-0.4, -0.2) is 30.0 Å². The molecular weight excluding hydrogens is 370 g/mol. The second-order valence-electron chi connectivity index (χ2n) is 6.68. The zero-order chi connectivity index (χ0) is 19.5. The first-order valence-corrected chi connectivity index (χ1v) is 10.3. The summed E-state index contributed by atoms with van der Waals surface area (Å²) < 4.78 is 5.75. The number of rotatable bonds is 4. The topological polar surface area (TPSA) is 56.6 Å². The maximum Gasteiger partial charge on any atom is 0.229 e. The summed E-state index contributed by atoms with van der Waals surface area (Å²) in [6, 6.07) is 20.1. The van der Waals surface area contributed by atoms with Crippen molar-refractivity contribution in [1.29, 1.82) is 5.26 Å². The van der Waals surface area contributed by atoms with E-state index in [1.54, 1.807) is 16.7 Å². The molecule has 142 valence electrons. The van der Waals surface area contributed by atoms with Crippen molar-refractivity contribution in [2.45, 2.75) is 19.3 Å². The minimum atomic E-state index is -0.167. The molecule has 28 heavy (non-hydrogen) atoms. The maximum atomic E-state index is 13.0. The molecule has 1 amide bonds. The number of amides is 1. The quantitative estimate of drug-likeness (QED) is 0.778. The lowest BCUT2D eigenvalue weighted by Crippen LogP contribution is -2.47. The van der Waals surface area contributed by atoms with Crippen LogP contribution in [0, 0.1) is 11.3 Å². The number of carbonyl (C=O) groups excluding carboxylic acids is 1. The highest BCUT2D eigenvalue weighted by atomic mass is 32.2. The number of nitriles is 1. The fourth-order valence-corrected chi connectivity index (χ4v) is 4.84. The van der Waals surface area contributed by atoms with Crippen LogP contribution in [0.25, 0.3) is 0 Å². The summed E-state index contributed by atoms with van der Waals surface area (Å²) in [4.78, 5) is 16.8. The van der Waals surface area contributed by atoms with Gasteiger partial charge in [-0.05, 0) is 24.6 Å². The summed E-state index contributed by atoms with van der Waals surface area (Å²) in [6.07, 6.45) is 0.317. The molecule has 1 saturated heterocycles. The van der Waals surface area contributed by atoms with Crippen LogP contribution in [0.4, 0.5) is 5.69 Å². The minimum absolute atomic E-state index is 0.0499. The van der Waals surface area contributed by atoms with Gasteiger partial charge in [-0.15, -0.1) is 0 Å². The van der Waals surface area contributed by atoms with Gasteiger partial charge in [0.2, 0.25) is 5.91 Å². The standard InChI is InChI=1S/C22H21N3O2S/c1-2-27-20-11-7-6-10-19(20)24-14-25-21(26)12-17(16-8-4-3-5-9-16)18(13-23)22(25)28-15-24/h3-11,17H,2,12,14-15H2,1H3/t17-/m0/s1. The molecule has 6 heteroatoms. The minimum Gasteiger partial charge on any atom is -0.492 e. The van der Waals surface area contributed by atoms with Crippen LogP contribution >= 0.6 is 11.8 Å². The molecule has 2 aromatic rings. The molecule has 0 N–H and O–H groups in total. The molecular formula is C22H21N3O2S. The Morgan fingerprint density at radius 3 is 2.68 bits per heavy atom. The third kappa shape index (κ3) is 3.34. The molecule has 0 bridgehead atoms. The number of allylic oxidation sites excluding steroid dienone is 1. The predicted molar refractivity (Wildman–Crippen MR) is 111 cm³/mol. The predicted octanol–water partition coefficient (Wildman–Crippen LogP) is 4.30. The van der Waals surface area contributed by atoms with Crippen LogP contribution in [0.15, 0.2) is 65.2 Å². The average Bonchev–Trinajstić information content (AvgIpc) is 2.75. The number of ether oxygens (including phenoxy) is 1.